The summed E-state index contributed by atoms with van der Waals surface area (Å²) in [5.41, 5.74) is -2.71. The third-order valence-corrected chi connectivity index (χ3v) is 4.73. The Kier molecular flexibility index (Phi) is 8.27. The van der Waals surface area contributed by atoms with Crippen molar-refractivity contribution >= 4 is 23.2 Å². The average molecular weight is 485 g/mol. The third-order valence-electron chi connectivity index (χ3n) is 4.73. The van der Waals surface area contributed by atoms with Gasteiger partial charge in [0.15, 0.2) is 5.75 Å². The molecule has 2 aromatic carbocycles. The number of hydrogen-bond acceptors (Lipinski definition) is 7. The number of likely N-dealkylation sites (N-methyl/N-ethyl adjacent to an activating group) is 1. The molecule has 13 heteroatoms. The topological polar surface area (TPSA) is 120 Å². The van der Waals surface area contributed by atoms with Crippen molar-refractivity contribution in [3.05, 3.63) is 51.6 Å². The van der Waals surface area contributed by atoms with Gasteiger partial charge < -0.3 is 24.4 Å². The maximum Gasteiger partial charge on any atom is 0.418 e. The number of amides is 2. The van der Waals surface area contributed by atoms with Gasteiger partial charge in [-0.1, -0.05) is 12.1 Å². The summed E-state index contributed by atoms with van der Waals surface area (Å²) in [6.45, 7) is 0.745. The fourth-order valence-electron chi connectivity index (χ4n) is 3.19. The Morgan fingerprint density at radius 2 is 1.71 bits per heavy atom. The van der Waals surface area contributed by atoms with E-state index in [-0.39, 0.29) is 23.8 Å². The van der Waals surface area contributed by atoms with E-state index in [0.29, 0.717) is 0 Å². The number of halogens is 3. The molecule has 0 aliphatic rings. The number of carbonyl (C=O) groups excluding carboxylic acids is 2. The molecule has 0 saturated heterocycles. The van der Waals surface area contributed by atoms with Crippen LogP contribution in [0.1, 0.15) is 22.8 Å². The Hall–Kier alpha value is -4.03. The van der Waals surface area contributed by atoms with Crippen LogP contribution < -0.4 is 19.5 Å². The fourth-order valence-corrected chi connectivity index (χ4v) is 3.19. The van der Waals surface area contributed by atoms with Crippen LogP contribution in [0.2, 0.25) is 0 Å². The Labute approximate surface area is 192 Å². The van der Waals surface area contributed by atoms with Gasteiger partial charge in [0, 0.05) is 12.6 Å². The minimum Gasteiger partial charge on any atom is -0.493 e. The van der Waals surface area contributed by atoms with E-state index < -0.39 is 52.0 Å². The average Bonchev–Trinajstić information content (AvgIpc) is 2.79. The number of anilines is 1. The highest BCUT2D eigenvalue weighted by molar-refractivity contribution is 6.03. The van der Waals surface area contributed by atoms with Crippen molar-refractivity contribution in [2.45, 2.75) is 13.1 Å². The van der Waals surface area contributed by atoms with Gasteiger partial charge in [0.25, 0.3) is 5.91 Å². The number of nitro groups is 1. The van der Waals surface area contributed by atoms with E-state index >= 15 is 0 Å². The van der Waals surface area contributed by atoms with Crippen LogP contribution >= 0.6 is 0 Å². The minimum absolute atomic E-state index is 0.0343. The zero-order chi connectivity index (χ0) is 25.6. The first kappa shape index (κ1) is 26.2. The molecule has 0 aliphatic heterocycles. The minimum atomic E-state index is -4.71. The summed E-state index contributed by atoms with van der Waals surface area (Å²) < 4.78 is 54.9. The number of ether oxygens (including phenoxy) is 3. The summed E-state index contributed by atoms with van der Waals surface area (Å²) in [7, 11) is 3.62. The quantitative estimate of drug-likeness (QED) is 0.424. The first-order chi connectivity index (χ1) is 16.0. The van der Waals surface area contributed by atoms with Crippen LogP contribution in [0.4, 0.5) is 24.5 Å². The normalized spacial score (nSPS) is 10.9. The van der Waals surface area contributed by atoms with E-state index in [1.165, 1.54) is 33.3 Å². The summed E-state index contributed by atoms with van der Waals surface area (Å²) >= 11 is 0. The molecule has 0 aromatic heterocycles. The van der Waals surface area contributed by atoms with Crippen LogP contribution in [0.5, 0.6) is 17.2 Å². The summed E-state index contributed by atoms with van der Waals surface area (Å²) in [5.74, 6) is -2.38. The zero-order valence-electron chi connectivity index (χ0n) is 18.7. The molecule has 0 spiro atoms. The van der Waals surface area contributed by atoms with Gasteiger partial charge in [0.2, 0.25) is 17.4 Å². The fraction of sp³-hybridized carbons (Fsp3) is 0.333. The molecule has 2 rings (SSSR count). The maximum atomic E-state index is 13.2. The lowest BCUT2D eigenvalue weighted by Gasteiger charge is -2.22. The Bertz CT molecular complexity index is 1090. The molecule has 0 atom stereocenters. The second-order valence-corrected chi connectivity index (χ2v) is 6.71. The number of alkyl halides is 3. The van der Waals surface area contributed by atoms with Crippen LogP contribution in [-0.4, -0.2) is 56.1 Å². The smallest absolute Gasteiger partial charge is 0.418 e. The molecular formula is C21H22F3N3O7. The first-order valence-corrected chi connectivity index (χ1v) is 9.72. The van der Waals surface area contributed by atoms with Crippen molar-refractivity contribution in [3.8, 4) is 17.2 Å². The van der Waals surface area contributed by atoms with Crippen LogP contribution in [0, 0.1) is 10.1 Å². The number of nitrogens with zero attached hydrogens (tertiary/aromatic N) is 2. The lowest BCUT2D eigenvalue weighted by atomic mass is 10.1. The number of benzene rings is 2. The number of hydrogen-bond donors (Lipinski definition) is 1. The summed E-state index contributed by atoms with van der Waals surface area (Å²) in [5, 5.41) is 13.9. The van der Waals surface area contributed by atoms with Gasteiger partial charge in [-0.2, -0.15) is 13.2 Å². The molecule has 34 heavy (non-hydrogen) atoms. The number of para-hydroxylation sites is 1. The van der Waals surface area contributed by atoms with Gasteiger partial charge in [-0.3, -0.25) is 19.7 Å². The van der Waals surface area contributed by atoms with Crippen molar-refractivity contribution in [1.82, 2.24) is 4.90 Å². The molecular weight excluding hydrogens is 463 g/mol. The third kappa shape index (κ3) is 5.47. The predicted octanol–water partition coefficient (Wildman–Crippen LogP) is 3.74. The second-order valence-electron chi connectivity index (χ2n) is 6.71. The summed E-state index contributed by atoms with van der Waals surface area (Å²) in [6, 6.07) is 5.43. The molecule has 0 aliphatic carbocycles. The molecule has 2 amide bonds. The SMILES string of the molecule is CCN(CC(=O)Nc1ccccc1C(F)(F)F)C(=O)c1cc(OC)c(OC)c(OC)c1[N+](=O)[O-]. The van der Waals surface area contributed by atoms with Crippen molar-refractivity contribution < 1.29 is 41.9 Å². The molecule has 0 unspecified atom stereocenters. The monoisotopic (exact) mass is 485 g/mol. The summed E-state index contributed by atoms with van der Waals surface area (Å²) in [4.78, 5) is 37.5. The van der Waals surface area contributed by atoms with E-state index in [9.17, 15) is 32.9 Å². The van der Waals surface area contributed by atoms with Gasteiger partial charge in [-0.05, 0) is 19.1 Å². The van der Waals surface area contributed by atoms with Crippen molar-refractivity contribution in [1.29, 1.82) is 0 Å². The Balaban J connectivity index is 2.42. The predicted molar refractivity (Wildman–Crippen MR) is 114 cm³/mol. The molecule has 0 saturated carbocycles. The lowest BCUT2D eigenvalue weighted by Crippen LogP contribution is -2.38. The van der Waals surface area contributed by atoms with Crippen molar-refractivity contribution in [2.75, 3.05) is 39.7 Å². The molecule has 0 radical (unpaired) electrons. The van der Waals surface area contributed by atoms with Crippen LogP contribution in [0.3, 0.4) is 0 Å². The standard InChI is InChI=1S/C21H22F3N3O7/c1-5-26(11-16(28)25-14-9-7-6-8-13(14)21(22,23)24)20(29)12-10-15(32-2)18(33-3)19(34-4)17(12)27(30)31/h6-10H,5,11H2,1-4H3,(H,25,28). The Morgan fingerprint density at radius 3 is 2.21 bits per heavy atom. The van der Waals surface area contributed by atoms with E-state index in [1.54, 1.807) is 0 Å². The molecule has 184 valence electrons. The number of nitro benzene ring substituents is 1. The van der Waals surface area contributed by atoms with Gasteiger partial charge in [0.1, 0.15) is 12.1 Å². The van der Waals surface area contributed by atoms with Crippen LogP contribution in [0.25, 0.3) is 0 Å². The highest BCUT2D eigenvalue weighted by Crippen LogP contribution is 2.46. The first-order valence-electron chi connectivity index (χ1n) is 9.72. The molecule has 2 aromatic rings. The molecule has 1 N–H and O–H groups in total. The van der Waals surface area contributed by atoms with Crippen LogP contribution in [-0.2, 0) is 11.0 Å². The van der Waals surface area contributed by atoms with E-state index in [2.05, 4.69) is 5.32 Å². The van der Waals surface area contributed by atoms with Gasteiger partial charge in [-0.15, -0.1) is 0 Å². The highest BCUT2D eigenvalue weighted by Gasteiger charge is 2.36. The summed E-state index contributed by atoms with van der Waals surface area (Å²) in [6.07, 6.45) is -4.71. The molecule has 0 heterocycles. The molecule has 0 bridgehead atoms. The van der Waals surface area contributed by atoms with Gasteiger partial charge >= 0.3 is 11.9 Å². The van der Waals surface area contributed by atoms with E-state index in [1.807, 2.05) is 0 Å². The number of nitrogens with one attached hydrogen (secondary N) is 1. The van der Waals surface area contributed by atoms with Crippen LogP contribution in [0.15, 0.2) is 30.3 Å². The zero-order valence-corrected chi connectivity index (χ0v) is 18.7. The number of carbonyl (C=O) groups is 2. The molecule has 0 fully saturated rings. The highest BCUT2D eigenvalue weighted by atomic mass is 19.4. The van der Waals surface area contributed by atoms with Gasteiger partial charge in [-0.25, -0.2) is 0 Å². The van der Waals surface area contributed by atoms with Gasteiger partial charge in [0.05, 0.1) is 37.5 Å². The van der Waals surface area contributed by atoms with Crippen molar-refractivity contribution in [3.63, 3.8) is 0 Å². The largest absolute Gasteiger partial charge is 0.493 e. The lowest BCUT2D eigenvalue weighted by molar-refractivity contribution is -0.386. The number of rotatable bonds is 9. The van der Waals surface area contributed by atoms with E-state index in [4.69, 9.17) is 14.2 Å². The number of methoxy groups -OCH3 is 3. The molecule has 10 nitrogen and oxygen atoms in total. The maximum absolute atomic E-state index is 13.2. The Morgan fingerprint density at radius 1 is 1.09 bits per heavy atom. The second kappa shape index (κ2) is 10.7. The van der Waals surface area contributed by atoms with Crippen molar-refractivity contribution in [2.24, 2.45) is 0 Å². The van der Waals surface area contributed by atoms with E-state index in [0.717, 1.165) is 30.2 Å².